The number of aliphatic carboxylic acids is 1. The van der Waals surface area contributed by atoms with Crippen LogP contribution in [0.2, 0.25) is 0 Å². The fourth-order valence-electron chi connectivity index (χ4n) is 3.12. The van der Waals surface area contributed by atoms with Crippen molar-refractivity contribution in [2.75, 3.05) is 0 Å². The Labute approximate surface area is 99.7 Å². The predicted octanol–water partition coefficient (Wildman–Crippen LogP) is 0.593. The maximum absolute atomic E-state index is 11.9. The molecule has 4 atom stereocenters. The SMILES string of the molecule is CCC1=C(C(=O)O)N2C(=O)C(C(C)O)C2[C@H]1C. The van der Waals surface area contributed by atoms with E-state index in [0.29, 0.717) is 6.42 Å². The first kappa shape index (κ1) is 12.1. The molecule has 0 aromatic heterocycles. The normalized spacial score (nSPS) is 33.5. The van der Waals surface area contributed by atoms with E-state index in [-0.39, 0.29) is 23.6 Å². The maximum atomic E-state index is 11.9. The maximum Gasteiger partial charge on any atom is 0.352 e. The molecule has 2 heterocycles. The number of fused-ring (bicyclic) bond motifs is 1. The number of carboxylic acids is 1. The Balaban J connectivity index is 2.39. The Kier molecular flexibility index (Phi) is 2.73. The number of aliphatic hydroxyl groups is 1. The number of amides is 1. The van der Waals surface area contributed by atoms with Crippen LogP contribution in [0.1, 0.15) is 27.2 Å². The van der Waals surface area contributed by atoms with Gasteiger partial charge in [-0.15, -0.1) is 0 Å². The molecular formula is C12H17NO4. The zero-order valence-corrected chi connectivity index (χ0v) is 10.2. The number of nitrogens with zero attached hydrogens (tertiary/aromatic N) is 1. The summed E-state index contributed by atoms with van der Waals surface area (Å²) in [5.74, 6) is -1.75. The van der Waals surface area contributed by atoms with Crippen LogP contribution in [0.25, 0.3) is 0 Å². The fraction of sp³-hybridized carbons (Fsp3) is 0.667. The number of hydrogen-bond donors (Lipinski definition) is 2. The third-order valence-electron chi connectivity index (χ3n) is 3.90. The lowest BCUT2D eigenvalue weighted by molar-refractivity contribution is -0.163. The van der Waals surface area contributed by atoms with Gasteiger partial charge < -0.3 is 15.1 Å². The van der Waals surface area contributed by atoms with Crippen molar-refractivity contribution in [2.24, 2.45) is 11.8 Å². The van der Waals surface area contributed by atoms with Gasteiger partial charge in [0.2, 0.25) is 5.91 Å². The molecule has 3 unspecified atom stereocenters. The van der Waals surface area contributed by atoms with Gasteiger partial charge in [-0.25, -0.2) is 4.79 Å². The molecule has 0 aliphatic carbocycles. The molecule has 0 saturated carbocycles. The van der Waals surface area contributed by atoms with Gasteiger partial charge in [0.1, 0.15) is 5.70 Å². The lowest BCUT2D eigenvalue weighted by Gasteiger charge is -2.46. The van der Waals surface area contributed by atoms with E-state index < -0.39 is 18.0 Å². The second-order valence-corrected chi connectivity index (χ2v) is 4.79. The molecule has 2 aliphatic rings. The zero-order chi connectivity index (χ0) is 12.9. The summed E-state index contributed by atoms with van der Waals surface area (Å²) in [6.07, 6.45) is -0.104. The molecule has 2 rings (SSSR count). The standard InChI is InChI=1S/C12H17NO4/c1-4-7-5(2)9-8(6(3)14)11(15)13(9)10(7)12(16)17/h5-6,8-9,14H,4H2,1-3H3,(H,16,17)/t5-,6?,8?,9?/m0/s1. The molecular weight excluding hydrogens is 222 g/mol. The van der Waals surface area contributed by atoms with Crippen molar-refractivity contribution in [3.8, 4) is 0 Å². The zero-order valence-electron chi connectivity index (χ0n) is 10.2. The van der Waals surface area contributed by atoms with Crippen molar-refractivity contribution in [1.29, 1.82) is 0 Å². The first-order valence-corrected chi connectivity index (χ1v) is 5.89. The summed E-state index contributed by atoms with van der Waals surface area (Å²) in [5, 5.41) is 18.8. The molecule has 0 bridgehead atoms. The summed E-state index contributed by atoms with van der Waals surface area (Å²) in [4.78, 5) is 24.4. The lowest BCUT2D eigenvalue weighted by Crippen LogP contribution is -2.63. The average Bonchev–Trinajstić information content (AvgIpc) is 2.47. The van der Waals surface area contributed by atoms with E-state index in [1.807, 2.05) is 13.8 Å². The lowest BCUT2D eigenvalue weighted by atomic mass is 9.77. The van der Waals surface area contributed by atoms with E-state index in [1.165, 1.54) is 4.90 Å². The van der Waals surface area contributed by atoms with Crippen LogP contribution >= 0.6 is 0 Å². The Morgan fingerprint density at radius 2 is 2.12 bits per heavy atom. The van der Waals surface area contributed by atoms with E-state index in [1.54, 1.807) is 6.92 Å². The molecule has 1 fully saturated rings. The highest BCUT2D eigenvalue weighted by atomic mass is 16.4. The number of aliphatic hydroxyl groups excluding tert-OH is 1. The summed E-state index contributed by atoms with van der Waals surface area (Å²) < 4.78 is 0. The Bertz CT molecular complexity index is 413. The van der Waals surface area contributed by atoms with Crippen molar-refractivity contribution < 1.29 is 19.8 Å². The number of carbonyl (C=O) groups is 2. The van der Waals surface area contributed by atoms with Gasteiger partial charge >= 0.3 is 5.97 Å². The second-order valence-electron chi connectivity index (χ2n) is 4.79. The van der Waals surface area contributed by atoms with Crippen LogP contribution in [0.4, 0.5) is 0 Å². The smallest absolute Gasteiger partial charge is 0.352 e. The van der Waals surface area contributed by atoms with Crippen LogP contribution < -0.4 is 0 Å². The minimum atomic E-state index is -1.05. The molecule has 17 heavy (non-hydrogen) atoms. The van der Waals surface area contributed by atoms with Crippen LogP contribution in [0, 0.1) is 11.8 Å². The predicted molar refractivity (Wildman–Crippen MR) is 59.9 cm³/mol. The number of β-lactam (4-membered cyclic amide) rings is 1. The number of hydrogen-bond acceptors (Lipinski definition) is 3. The van der Waals surface area contributed by atoms with Gasteiger partial charge in [-0.2, -0.15) is 0 Å². The van der Waals surface area contributed by atoms with Crippen molar-refractivity contribution in [1.82, 2.24) is 4.90 Å². The first-order valence-electron chi connectivity index (χ1n) is 5.89. The molecule has 2 aliphatic heterocycles. The van der Waals surface area contributed by atoms with Crippen LogP contribution in [-0.2, 0) is 9.59 Å². The van der Waals surface area contributed by atoms with Gasteiger partial charge in [-0.3, -0.25) is 4.79 Å². The monoisotopic (exact) mass is 239 g/mol. The molecule has 0 spiro atoms. The highest BCUT2D eigenvalue weighted by Gasteiger charge is 2.59. The third-order valence-corrected chi connectivity index (χ3v) is 3.90. The summed E-state index contributed by atoms with van der Waals surface area (Å²) >= 11 is 0. The molecule has 2 N–H and O–H groups in total. The van der Waals surface area contributed by atoms with Crippen LogP contribution in [0.3, 0.4) is 0 Å². The van der Waals surface area contributed by atoms with Gasteiger partial charge in [0.25, 0.3) is 0 Å². The highest BCUT2D eigenvalue weighted by Crippen LogP contribution is 2.47. The van der Waals surface area contributed by atoms with E-state index in [0.717, 1.165) is 5.57 Å². The van der Waals surface area contributed by atoms with Crippen LogP contribution in [-0.4, -0.2) is 39.1 Å². The van der Waals surface area contributed by atoms with E-state index >= 15 is 0 Å². The van der Waals surface area contributed by atoms with E-state index in [2.05, 4.69) is 0 Å². The quantitative estimate of drug-likeness (QED) is 0.707. The average molecular weight is 239 g/mol. The Morgan fingerprint density at radius 1 is 1.53 bits per heavy atom. The summed E-state index contributed by atoms with van der Waals surface area (Å²) in [7, 11) is 0. The number of carboxylic acid groups (broad SMARTS) is 1. The molecule has 94 valence electrons. The number of carbonyl (C=O) groups excluding carboxylic acids is 1. The summed E-state index contributed by atoms with van der Waals surface area (Å²) in [6, 6.07) is -0.177. The minimum Gasteiger partial charge on any atom is -0.477 e. The molecule has 0 aromatic carbocycles. The van der Waals surface area contributed by atoms with Crippen molar-refractivity contribution in [3.05, 3.63) is 11.3 Å². The largest absolute Gasteiger partial charge is 0.477 e. The van der Waals surface area contributed by atoms with Crippen LogP contribution in [0.15, 0.2) is 11.3 Å². The summed E-state index contributed by atoms with van der Waals surface area (Å²) in [5.41, 5.74) is 0.936. The fourth-order valence-corrected chi connectivity index (χ4v) is 3.12. The van der Waals surface area contributed by atoms with E-state index in [4.69, 9.17) is 0 Å². The molecule has 1 saturated heterocycles. The molecule has 5 nitrogen and oxygen atoms in total. The van der Waals surface area contributed by atoms with Gasteiger partial charge in [-0.05, 0) is 18.9 Å². The second kappa shape index (κ2) is 3.84. The van der Waals surface area contributed by atoms with Gasteiger partial charge in [0, 0.05) is 5.92 Å². The number of rotatable bonds is 3. The summed E-state index contributed by atoms with van der Waals surface area (Å²) in [6.45, 7) is 5.40. The molecule has 0 radical (unpaired) electrons. The minimum absolute atomic E-state index is 0.0170. The Morgan fingerprint density at radius 3 is 2.53 bits per heavy atom. The van der Waals surface area contributed by atoms with Crippen molar-refractivity contribution in [2.45, 2.75) is 39.3 Å². The highest BCUT2D eigenvalue weighted by molar-refractivity contribution is 5.99. The van der Waals surface area contributed by atoms with Crippen LogP contribution in [0.5, 0.6) is 0 Å². The van der Waals surface area contributed by atoms with E-state index in [9.17, 15) is 19.8 Å². The van der Waals surface area contributed by atoms with Gasteiger partial charge in [-0.1, -0.05) is 13.8 Å². The molecule has 0 aromatic rings. The van der Waals surface area contributed by atoms with Crippen molar-refractivity contribution >= 4 is 11.9 Å². The van der Waals surface area contributed by atoms with Crippen molar-refractivity contribution in [3.63, 3.8) is 0 Å². The van der Waals surface area contributed by atoms with Gasteiger partial charge in [0.05, 0.1) is 18.1 Å². The van der Waals surface area contributed by atoms with Gasteiger partial charge in [0.15, 0.2) is 0 Å². The topological polar surface area (TPSA) is 77.8 Å². The molecule has 5 heteroatoms. The molecule has 1 amide bonds. The first-order chi connectivity index (χ1) is 7.91. The Hall–Kier alpha value is -1.36. The third kappa shape index (κ3) is 1.42.